The summed E-state index contributed by atoms with van der Waals surface area (Å²) in [5.74, 6) is 1.60. The van der Waals surface area contributed by atoms with E-state index in [0.717, 1.165) is 37.7 Å². The first-order valence-corrected chi connectivity index (χ1v) is 9.90. The Bertz CT molecular complexity index is 828. The molecule has 1 atom stereocenters. The molecule has 28 heavy (non-hydrogen) atoms. The number of carbonyl (C=O) groups excluding carboxylic acids is 2. The second kappa shape index (κ2) is 8.99. The fraction of sp³-hybridized carbons (Fsp3) is 0.632. The van der Waals surface area contributed by atoms with Gasteiger partial charge in [0.2, 0.25) is 5.91 Å². The minimum absolute atomic E-state index is 0.192. The topological polar surface area (TPSA) is 102 Å². The number of hydrogen-bond acceptors (Lipinski definition) is 7. The molecule has 1 saturated heterocycles. The summed E-state index contributed by atoms with van der Waals surface area (Å²) in [5, 5.41) is 15.6. The summed E-state index contributed by atoms with van der Waals surface area (Å²) >= 11 is 0. The molecule has 9 heteroatoms. The Hall–Kier alpha value is -2.71. The number of ether oxygens (including phenoxy) is 1. The quantitative estimate of drug-likeness (QED) is 0.715. The van der Waals surface area contributed by atoms with Gasteiger partial charge >= 0.3 is 5.97 Å². The zero-order valence-electron chi connectivity index (χ0n) is 16.7. The zero-order chi connectivity index (χ0) is 20.1. The zero-order valence-corrected chi connectivity index (χ0v) is 16.7. The van der Waals surface area contributed by atoms with Crippen molar-refractivity contribution in [2.75, 3.05) is 24.6 Å². The molecule has 3 heterocycles. The Balaban J connectivity index is 1.62. The molecule has 3 rings (SSSR count). The van der Waals surface area contributed by atoms with Crippen LogP contribution in [0.15, 0.2) is 12.1 Å². The number of anilines is 1. The Labute approximate surface area is 164 Å². The first-order chi connectivity index (χ1) is 13.5. The second-order valence-corrected chi connectivity index (χ2v) is 7.29. The van der Waals surface area contributed by atoms with Crippen LogP contribution in [-0.4, -0.2) is 57.4 Å². The molecule has 0 aliphatic carbocycles. The summed E-state index contributed by atoms with van der Waals surface area (Å²) in [6, 6.07) is 3.20. The normalized spacial score (nSPS) is 16.2. The lowest BCUT2D eigenvalue weighted by molar-refractivity contribution is -0.146. The van der Waals surface area contributed by atoms with E-state index in [9.17, 15) is 9.59 Å². The van der Waals surface area contributed by atoms with Crippen LogP contribution in [0.5, 0.6) is 0 Å². The molecular formula is C19H28N6O3. The van der Waals surface area contributed by atoms with Gasteiger partial charge in [-0.25, -0.2) is 4.79 Å². The van der Waals surface area contributed by atoms with Gasteiger partial charge in [-0.1, -0.05) is 6.92 Å². The Morgan fingerprint density at radius 2 is 2.04 bits per heavy atom. The van der Waals surface area contributed by atoms with Crippen LogP contribution in [0.1, 0.15) is 45.9 Å². The molecule has 9 nitrogen and oxygen atoms in total. The molecule has 0 spiro atoms. The lowest BCUT2D eigenvalue weighted by Crippen LogP contribution is -2.39. The van der Waals surface area contributed by atoms with Gasteiger partial charge in [0.1, 0.15) is 11.9 Å². The monoisotopic (exact) mass is 388 g/mol. The highest BCUT2D eigenvalue weighted by Crippen LogP contribution is 2.21. The van der Waals surface area contributed by atoms with Crippen molar-refractivity contribution in [3.05, 3.63) is 18.0 Å². The maximum absolute atomic E-state index is 12.1. The highest BCUT2D eigenvalue weighted by atomic mass is 16.5. The van der Waals surface area contributed by atoms with Gasteiger partial charge in [0, 0.05) is 25.9 Å². The number of esters is 1. The summed E-state index contributed by atoms with van der Waals surface area (Å²) in [7, 11) is 0. The third-order valence-electron chi connectivity index (χ3n) is 5.01. The van der Waals surface area contributed by atoms with Crippen molar-refractivity contribution in [2.45, 2.75) is 52.5 Å². The lowest BCUT2D eigenvalue weighted by Gasteiger charge is -2.30. The van der Waals surface area contributed by atoms with E-state index in [-0.39, 0.29) is 18.9 Å². The van der Waals surface area contributed by atoms with E-state index in [4.69, 9.17) is 4.74 Å². The number of nitrogens with one attached hydrogen (secondary N) is 1. The molecule has 0 saturated carbocycles. The average molecular weight is 388 g/mol. The lowest BCUT2D eigenvalue weighted by atomic mass is 9.99. The van der Waals surface area contributed by atoms with E-state index in [1.54, 1.807) is 18.4 Å². The second-order valence-electron chi connectivity index (χ2n) is 7.29. The smallest absolute Gasteiger partial charge is 0.328 e. The molecule has 152 valence electrons. The van der Waals surface area contributed by atoms with Gasteiger partial charge in [-0.2, -0.15) is 4.52 Å². The minimum atomic E-state index is -0.672. The number of piperidine rings is 1. The van der Waals surface area contributed by atoms with Crippen molar-refractivity contribution >= 4 is 23.3 Å². The molecule has 1 amide bonds. The van der Waals surface area contributed by atoms with Crippen LogP contribution in [0.25, 0.3) is 5.65 Å². The predicted octanol–water partition coefficient (Wildman–Crippen LogP) is 1.36. The third-order valence-corrected chi connectivity index (χ3v) is 5.01. The number of hydrogen-bond donors (Lipinski definition) is 1. The standard InChI is InChI=1S/C19H28N6O3/c1-4-28-19(27)14(3)20-18(26)8-7-16-22-21-15-5-6-17(23-25(15)16)24-11-9-13(2)10-12-24/h5-6,13-14H,4,7-12H2,1-3H3,(H,20,26)/t14-/m1/s1. The van der Waals surface area contributed by atoms with Crippen molar-refractivity contribution < 1.29 is 14.3 Å². The third kappa shape index (κ3) is 4.76. The number of aryl methyl sites for hydroxylation is 1. The number of amides is 1. The first-order valence-electron chi connectivity index (χ1n) is 9.90. The number of fused-ring (bicyclic) bond motifs is 1. The maximum Gasteiger partial charge on any atom is 0.328 e. The Morgan fingerprint density at radius 1 is 1.29 bits per heavy atom. The van der Waals surface area contributed by atoms with Crippen molar-refractivity contribution in [3.63, 3.8) is 0 Å². The van der Waals surface area contributed by atoms with E-state index >= 15 is 0 Å². The molecule has 0 unspecified atom stereocenters. The van der Waals surface area contributed by atoms with Gasteiger partial charge in [-0.15, -0.1) is 15.3 Å². The maximum atomic E-state index is 12.1. The highest BCUT2D eigenvalue weighted by Gasteiger charge is 2.19. The molecular weight excluding hydrogens is 360 g/mol. The SMILES string of the molecule is CCOC(=O)[C@@H](C)NC(=O)CCc1nnc2ccc(N3CCC(C)CC3)nn12. The molecule has 1 fully saturated rings. The van der Waals surface area contributed by atoms with Crippen molar-refractivity contribution in [1.29, 1.82) is 0 Å². The van der Waals surface area contributed by atoms with E-state index in [1.807, 2.05) is 12.1 Å². The summed E-state index contributed by atoms with van der Waals surface area (Å²) in [6.45, 7) is 7.88. The molecule has 1 aliphatic heterocycles. The van der Waals surface area contributed by atoms with Crippen molar-refractivity contribution in [2.24, 2.45) is 5.92 Å². The Morgan fingerprint density at radius 3 is 2.75 bits per heavy atom. The molecule has 0 aromatic carbocycles. The van der Waals surface area contributed by atoms with Crippen LogP contribution in [0.4, 0.5) is 5.82 Å². The van der Waals surface area contributed by atoms with Gasteiger partial charge in [0.05, 0.1) is 6.61 Å². The molecule has 0 bridgehead atoms. The summed E-state index contributed by atoms with van der Waals surface area (Å²) in [4.78, 5) is 26.0. The molecule has 1 N–H and O–H groups in total. The van der Waals surface area contributed by atoms with Crippen LogP contribution in [-0.2, 0) is 20.7 Å². The average Bonchev–Trinajstić information content (AvgIpc) is 3.09. The largest absolute Gasteiger partial charge is 0.464 e. The van der Waals surface area contributed by atoms with Crippen molar-refractivity contribution in [3.8, 4) is 0 Å². The minimum Gasteiger partial charge on any atom is -0.464 e. The number of nitrogens with zero attached hydrogens (tertiary/aromatic N) is 5. The Kier molecular flexibility index (Phi) is 6.43. The fourth-order valence-corrected chi connectivity index (χ4v) is 3.25. The van der Waals surface area contributed by atoms with Gasteiger partial charge in [-0.3, -0.25) is 4.79 Å². The highest BCUT2D eigenvalue weighted by molar-refractivity contribution is 5.84. The van der Waals surface area contributed by atoms with E-state index < -0.39 is 12.0 Å². The van der Waals surface area contributed by atoms with Gasteiger partial charge in [-0.05, 0) is 44.7 Å². The summed E-state index contributed by atoms with van der Waals surface area (Å²) < 4.78 is 6.60. The fourth-order valence-electron chi connectivity index (χ4n) is 3.25. The van der Waals surface area contributed by atoms with Gasteiger partial charge < -0.3 is 15.0 Å². The van der Waals surface area contributed by atoms with Crippen LogP contribution in [0.3, 0.4) is 0 Å². The van der Waals surface area contributed by atoms with Gasteiger partial charge in [0.15, 0.2) is 11.5 Å². The van der Waals surface area contributed by atoms with E-state index in [1.165, 1.54) is 0 Å². The van der Waals surface area contributed by atoms with E-state index in [2.05, 4.69) is 32.4 Å². The number of carbonyl (C=O) groups is 2. The number of aromatic nitrogens is 4. The molecule has 2 aromatic rings. The summed E-state index contributed by atoms with van der Waals surface area (Å²) in [6.07, 6.45) is 2.90. The molecule has 1 aliphatic rings. The van der Waals surface area contributed by atoms with Crippen LogP contribution in [0, 0.1) is 5.92 Å². The first kappa shape index (κ1) is 20.0. The molecule has 2 aromatic heterocycles. The van der Waals surface area contributed by atoms with Crippen LogP contribution < -0.4 is 10.2 Å². The predicted molar refractivity (Wildman–Crippen MR) is 104 cm³/mol. The van der Waals surface area contributed by atoms with Crippen LogP contribution in [0.2, 0.25) is 0 Å². The van der Waals surface area contributed by atoms with Gasteiger partial charge in [0.25, 0.3) is 0 Å². The molecule has 0 radical (unpaired) electrons. The van der Waals surface area contributed by atoms with E-state index in [0.29, 0.717) is 17.9 Å². The number of rotatable bonds is 7. The van der Waals surface area contributed by atoms with Crippen molar-refractivity contribution in [1.82, 2.24) is 25.1 Å². The summed E-state index contributed by atoms with van der Waals surface area (Å²) in [5.41, 5.74) is 0.657. The van der Waals surface area contributed by atoms with Crippen LogP contribution >= 0.6 is 0 Å².